The van der Waals surface area contributed by atoms with Gasteiger partial charge in [-0.2, -0.15) is 0 Å². The van der Waals surface area contributed by atoms with Crippen molar-refractivity contribution in [2.75, 3.05) is 25.6 Å². The molecule has 0 aliphatic heterocycles. The highest BCUT2D eigenvalue weighted by Crippen LogP contribution is 2.22. The van der Waals surface area contributed by atoms with Crippen molar-refractivity contribution in [1.82, 2.24) is 0 Å². The molecule has 0 saturated carbocycles. The van der Waals surface area contributed by atoms with Gasteiger partial charge < -0.3 is 14.8 Å². The minimum atomic E-state index is -0.0970. The summed E-state index contributed by atoms with van der Waals surface area (Å²) in [4.78, 5) is 11.1. The van der Waals surface area contributed by atoms with Gasteiger partial charge in [0.05, 0.1) is 19.4 Å². The summed E-state index contributed by atoms with van der Waals surface area (Å²) >= 11 is 0. The lowest BCUT2D eigenvalue weighted by molar-refractivity contribution is -0.143. The standard InChI is InChI=1S/C15H23NO3/c1-3-19-15(17)11-5-4-8-12-16-13-9-6-7-10-14(13)18-2/h6-7,9-10,16H,3-5,8,11-12H2,1-2H3. The Morgan fingerprint density at radius 3 is 2.74 bits per heavy atom. The number of esters is 1. The molecular weight excluding hydrogens is 242 g/mol. The van der Waals surface area contributed by atoms with E-state index in [1.165, 1.54) is 0 Å². The minimum Gasteiger partial charge on any atom is -0.495 e. The van der Waals surface area contributed by atoms with E-state index in [-0.39, 0.29) is 5.97 Å². The molecule has 0 aliphatic carbocycles. The molecule has 0 fully saturated rings. The van der Waals surface area contributed by atoms with Crippen molar-refractivity contribution < 1.29 is 14.3 Å². The van der Waals surface area contributed by atoms with Crippen molar-refractivity contribution >= 4 is 11.7 Å². The zero-order chi connectivity index (χ0) is 13.9. The number of methoxy groups -OCH3 is 1. The number of carbonyl (C=O) groups excluding carboxylic acids is 1. The maximum atomic E-state index is 11.1. The first-order valence-corrected chi connectivity index (χ1v) is 6.80. The molecule has 0 atom stereocenters. The number of unbranched alkanes of at least 4 members (excludes halogenated alkanes) is 2. The largest absolute Gasteiger partial charge is 0.495 e. The Kier molecular flexibility index (Phi) is 7.47. The summed E-state index contributed by atoms with van der Waals surface area (Å²) in [6, 6.07) is 7.86. The molecule has 0 unspecified atom stereocenters. The molecule has 19 heavy (non-hydrogen) atoms. The summed E-state index contributed by atoms with van der Waals surface area (Å²) < 4.78 is 10.1. The topological polar surface area (TPSA) is 47.6 Å². The summed E-state index contributed by atoms with van der Waals surface area (Å²) in [6.45, 7) is 3.17. The quantitative estimate of drug-likeness (QED) is 0.550. The van der Waals surface area contributed by atoms with Gasteiger partial charge in [-0.25, -0.2) is 0 Å². The fraction of sp³-hybridized carbons (Fsp3) is 0.533. The molecular formula is C15H23NO3. The van der Waals surface area contributed by atoms with Crippen molar-refractivity contribution in [3.8, 4) is 5.75 Å². The van der Waals surface area contributed by atoms with Crippen LogP contribution in [0.1, 0.15) is 32.6 Å². The van der Waals surface area contributed by atoms with Crippen LogP contribution in [-0.4, -0.2) is 26.2 Å². The van der Waals surface area contributed by atoms with Crippen molar-refractivity contribution in [3.63, 3.8) is 0 Å². The van der Waals surface area contributed by atoms with E-state index in [1.807, 2.05) is 31.2 Å². The molecule has 0 bridgehead atoms. The van der Waals surface area contributed by atoms with Crippen LogP contribution in [0, 0.1) is 0 Å². The van der Waals surface area contributed by atoms with Crippen molar-refractivity contribution in [3.05, 3.63) is 24.3 Å². The first kappa shape index (κ1) is 15.3. The summed E-state index contributed by atoms with van der Waals surface area (Å²) in [5.41, 5.74) is 1.01. The van der Waals surface area contributed by atoms with Gasteiger partial charge in [-0.1, -0.05) is 18.6 Å². The Morgan fingerprint density at radius 2 is 2.00 bits per heavy atom. The van der Waals surface area contributed by atoms with E-state index in [2.05, 4.69) is 5.32 Å². The molecule has 1 aromatic rings. The van der Waals surface area contributed by atoms with Crippen LogP contribution >= 0.6 is 0 Å². The molecule has 0 aromatic heterocycles. The second-order valence-corrected chi connectivity index (χ2v) is 4.24. The number of para-hydroxylation sites is 2. The van der Waals surface area contributed by atoms with E-state index < -0.39 is 0 Å². The molecule has 0 aliphatic rings. The predicted molar refractivity (Wildman–Crippen MR) is 76.6 cm³/mol. The summed E-state index contributed by atoms with van der Waals surface area (Å²) in [5, 5.41) is 3.34. The van der Waals surface area contributed by atoms with Crippen LogP contribution in [0.4, 0.5) is 5.69 Å². The smallest absolute Gasteiger partial charge is 0.305 e. The Morgan fingerprint density at radius 1 is 1.21 bits per heavy atom. The normalized spacial score (nSPS) is 10.0. The molecule has 1 N–H and O–H groups in total. The SMILES string of the molecule is CCOC(=O)CCCCCNc1ccccc1OC. The van der Waals surface area contributed by atoms with Gasteiger partial charge in [0.2, 0.25) is 0 Å². The van der Waals surface area contributed by atoms with Crippen LogP contribution in [0.3, 0.4) is 0 Å². The van der Waals surface area contributed by atoms with Crippen molar-refractivity contribution in [1.29, 1.82) is 0 Å². The van der Waals surface area contributed by atoms with Gasteiger partial charge in [-0.3, -0.25) is 4.79 Å². The second kappa shape index (κ2) is 9.25. The first-order chi connectivity index (χ1) is 9.27. The lowest BCUT2D eigenvalue weighted by Crippen LogP contribution is -2.05. The Bertz CT molecular complexity index is 379. The average molecular weight is 265 g/mol. The first-order valence-electron chi connectivity index (χ1n) is 6.80. The van der Waals surface area contributed by atoms with Crippen LogP contribution in [0.2, 0.25) is 0 Å². The fourth-order valence-electron chi connectivity index (χ4n) is 1.82. The molecule has 1 aromatic carbocycles. The predicted octanol–water partition coefficient (Wildman–Crippen LogP) is 3.23. The maximum Gasteiger partial charge on any atom is 0.305 e. The number of benzene rings is 1. The molecule has 0 spiro atoms. The zero-order valence-electron chi connectivity index (χ0n) is 11.8. The average Bonchev–Trinajstić information content (AvgIpc) is 2.43. The van der Waals surface area contributed by atoms with Gasteiger partial charge in [-0.15, -0.1) is 0 Å². The number of ether oxygens (including phenoxy) is 2. The Hall–Kier alpha value is -1.71. The van der Waals surface area contributed by atoms with Crippen LogP contribution in [0.5, 0.6) is 5.75 Å². The van der Waals surface area contributed by atoms with Crippen molar-refractivity contribution in [2.45, 2.75) is 32.6 Å². The van der Waals surface area contributed by atoms with Gasteiger partial charge in [0.25, 0.3) is 0 Å². The third kappa shape index (κ3) is 6.13. The van der Waals surface area contributed by atoms with E-state index >= 15 is 0 Å². The number of hydrogen-bond acceptors (Lipinski definition) is 4. The highest BCUT2D eigenvalue weighted by molar-refractivity contribution is 5.69. The molecule has 4 nitrogen and oxygen atoms in total. The fourth-order valence-corrected chi connectivity index (χ4v) is 1.82. The van der Waals surface area contributed by atoms with Gasteiger partial charge >= 0.3 is 5.97 Å². The van der Waals surface area contributed by atoms with E-state index in [0.29, 0.717) is 13.0 Å². The highest BCUT2D eigenvalue weighted by atomic mass is 16.5. The Balaban J connectivity index is 2.12. The van der Waals surface area contributed by atoms with E-state index in [0.717, 1.165) is 37.2 Å². The minimum absolute atomic E-state index is 0.0970. The van der Waals surface area contributed by atoms with Crippen LogP contribution in [-0.2, 0) is 9.53 Å². The van der Waals surface area contributed by atoms with Gasteiger partial charge in [0, 0.05) is 13.0 Å². The molecule has 1 rings (SSSR count). The number of hydrogen-bond donors (Lipinski definition) is 1. The number of carbonyl (C=O) groups is 1. The van der Waals surface area contributed by atoms with E-state index in [4.69, 9.17) is 9.47 Å². The Labute approximate surface area is 115 Å². The molecule has 0 saturated heterocycles. The monoisotopic (exact) mass is 265 g/mol. The molecule has 106 valence electrons. The third-order valence-corrected chi connectivity index (χ3v) is 2.79. The maximum absolute atomic E-state index is 11.1. The van der Waals surface area contributed by atoms with Crippen LogP contribution in [0.25, 0.3) is 0 Å². The van der Waals surface area contributed by atoms with E-state index in [1.54, 1.807) is 7.11 Å². The zero-order valence-corrected chi connectivity index (χ0v) is 11.8. The summed E-state index contributed by atoms with van der Waals surface area (Å²) in [6.07, 6.45) is 3.44. The number of nitrogens with one attached hydrogen (secondary N) is 1. The van der Waals surface area contributed by atoms with Gasteiger partial charge in [0.15, 0.2) is 0 Å². The number of anilines is 1. The van der Waals surface area contributed by atoms with Crippen LogP contribution < -0.4 is 10.1 Å². The molecule has 0 radical (unpaired) electrons. The highest BCUT2D eigenvalue weighted by Gasteiger charge is 2.02. The summed E-state index contributed by atoms with van der Waals surface area (Å²) in [7, 11) is 1.67. The lowest BCUT2D eigenvalue weighted by atomic mass is 10.2. The van der Waals surface area contributed by atoms with Crippen LogP contribution in [0.15, 0.2) is 24.3 Å². The number of rotatable bonds is 9. The molecule has 0 amide bonds. The van der Waals surface area contributed by atoms with Crippen molar-refractivity contribution in [2.24, 2.45) is 0 Å². The molecule has 0 heterocycles. The molecule has 4 heteroatoms. The lowest BCUT2D eigenvalue weighted by Gasteiger charge is -2.10. The summed E-state index contributed by atoms with van der Waals surface area (Å²) in [5.74, 6) is 0.759. The van der Waals surface area contributed by atoms with E-state index in [9.17, 15) is 4.79 Å². The van der Waals surface area contributed by atoms with Gasteiger partial charge in [0.1, 0.15) is 5.75 Å². The second-order valence-electron chi connectivity index (χ2n) is 4.24. The van der Waals surface area contributed by atoms with Gasteiger partial charge in [-0.05, 0) is 31.9 Å². The third-order valence-electron chi connectivity index (χ3n) is 2.79.